The molecule has 2 N–H and O–H groups in total. The summed E-state index contributed by atoms with van der Waals surface area (Å²) >= 11 is 0. The first-order valence-electron chi connectivity index (χ1n) is 8.61. The van der Waals surface area contributed by atoms with Crippen molar-refractivity contribution in [2.24, 2.45) is 5.16 Å². The first-order valence-corrected chi connectivity index (χ1v) is 8.61. The average Bonchev–Trinajstić information content (AvgIpc) is 3.18. The Bertz CT molecular complexity index is 855. The van der Waals surface area contributed by atoms with E-state index in [4.69, 9.17) is 4.84 Å². The zero-order valence-electron chi connectivity index (χ0n) is 14.8. The van der Waals surface area contributed by atoms with Crippen molar-refractivity contribution in [2.45, 2.75) is 25.0 Å². The predicted octanol–water partition coefficient (Wildman–Crippen LogP) is 1.79. The van der Waals surface area contributed by atoms with Crippen LogP contribution in [0.4, 0.5) is 4.39 Å². The van der Waals surface area contributed by atoms with Crippen molar-refractivity contribution >= 4 is 17.5 Å². The lowest BCUT2D eigenvalue weighted by Crippen LogP contribution is -2.50. The molecular formula is C20H20FN3O3. The number of amides is 2. The maximum atomic E-state index is 13.4. The second-order valence-corrected chi connectivity index (χ2v) is 6.21. The summed E-state index contributed by atoms with van der Waals surface area (Å²) in [4.78, 5) is 29.9. The second-order valence-electron chi connectivity index (χ2n) is 6.21. The molecule has 2 aromatic rings. The summed E-state index contributed by atoms with van der Waals surface area (Å²) in [7, 11) is 1.52. The van der Waals surface area contributed by atoms with Gasteiger partial charge in [-0.3, -0.25) is 9.59 Å². The fourth-order valence-corrected chi connectivity index (χ4v) is 2.85. The van der Waals surface area contributed by atoms with Gasteiger partial charge in [0.2, 0.25) is 12.0 Å². The van der Waals surface area contributed by atoms with Crippen LogP contribution >= 0.6 is 0 Å². The minimum atomic E-state index is -0.855. The molecule has 0 unspecified atom stereocenters. The van der Waals surface area contributed by atoms with Crippen molar-refractivity contribution in [2.75, 3.05) is 7.05 Å². The van der Waals surface area contributed by atoms with Crippen LogP contribution in [0.25, 0.3) is 0 Å². The van der Waals surface area contributed by atoms with Gasteiger partial charge in [0.25, 0.3) is 5.91 Å². The van der Waals surface area contributed by atoms with E-state index < -0.39 is 18.1 Å². The summed E-state index contributed by atoms with van der Waals surface area (Å²) in [5, 5.41) is 9.17. The molecule has 0 radical (unpaired) electrons. The van der Waals surface area contributed by atoms with E-state index in [2.05, 4.69) is 15.8 Å². The van der Waals surface area contributed by atoms with Gasteiger partial charge in [0.15, 0.2) is 0 Å². The highest BCUT2D eigenvalue weighted by Crippen LogP contribution is 2.18. The zero-order valence-corrected chi connectivity index (χ0v) is 14.8. The number of oxime groups is 1. The van der Waals surface area contributed by atoms with Gasteiger partial charge >= 0.3 is 0 Å². The topological polar surface area (TPSA) is 79.8 Å². The SMILES string of the molecule is CNC(=O)[C@H](Cc1ccccc1)NC(=O)[C@@H]1CC(c2cccc(F)c2)=NO1. The van der Waals surface area contributed by atoms with Gasteiger partial charge in [0, 0.05) is 25.5 Å². The van der Waals surface area contributed by atoms with Gasteiger partial charge in [-0.05, 0) is 17.7 Å². The smallest absolute Gasteiger partial charge is 0.265 e. The molecule has 1 heterocycles. The third-order valence-electron chi connectivity index (χ3n) is 4.28. The molecule has 2 amide bonds. The molecule has 0 aromatic heterocycles. The van der Waals surface area contributed by atoms with Gasteiger partial charge < -0.3 is 15.5 Å². The summed E-state index contributed by atoms with van der Waals surface area (Å²) in [6.45, 7) is 0. The minimum absolute atomic E-state index is 0.209. The van der Waals surface area contributed by atoms with Crippen LogP contribution in [0, 0.1) is 5.82 Å². The van der Waals surface area contributed by atoms with Gasteiger partial charge in [0.1, 0.15) is 11.9 Å². The molecule has 3 rings (SSSR count). The van der Waals surface area contributed by atoms with Crippen molar-refractivity contribution in [1.29, 1.82) is 0 Å². The standard InChI is InChI=1S/C20H20FN3O3/c1-22-19(25)17(10-13-6-3-2-4-7-13)23-20(26)18-12-16(24-27-18)14-8-5-9-15(21)11-14/h2-9,11,17-18H,10,12H2,1H3,(H,22,25)(H,23,26)/t17-,18-/m0/s1. The van der Waals surface area contributed by atoms with E-state index in [1.54, 1.807) is 12.1 Å². The number of nitrogens with one attached hydrogen (secondary N) is 2. The van der Waals surface area contributed by atoms with Crippen LogP contribution in [0.3, 0.4) is 0 Å². The number of nitrogens with zero attached hydrogens (tertiary/aromatic N) is 1. The largest absolute Gasteiger partial charge is 0.382 e. The molecule has 0 fully saturated rings. The zero-order chi connectivity index (χ0) is 19.2. The van der Waals surface area contributed by atoms with E-state index in [1.165, 1.54) is 19.2 Å². The molecule has 0 aliphatic carbocycles. The Labute approximate surface area is 156 Å². The van der Waals surface area contributed by atoms with Gasteiger partial charge in [-0.2, -0.15) is 0 Å². The molecule has 2 atom stereocenters. The first-order chi connectivity index (χ1) is 13.1. The highest BCUT2D eigenvalue weighted by Gasteiger charge is 2.31. The van der Waals surface area contributed by atoms with Gasteiger partial charge in [-0.15, -0.1) is 0 Å². The number of benzene rings is 2. The quantitative estimate of drug-likeness (QED) is 0.815. The summed E-state index contributed by atoms with van der Waals surface area (Å²) in [6.07, 6.45) is -0.288. The maximum Gasteiger partial charge on any atom is 0.265 e. The maximum absolute atomic E-state index is 13.4. The molecule has 1 aliphatic heterocycles. The van der Waals surface area contributed by atoms with Gasteiger partial charge in [0.05, 0.1) is 5.71 Å². The number of carbonyl (C=O) groups is 2. The van der Waals surface area contributed by atoms with Gasteiger partial charge in [-0.25, -0.2) is 4.39 Å². The molecule has 1 aliphatic rings. The van der Waals surface area contributed by atoms with Crippen molar-refractivity contribution in [1.82, 2.24) is 10.6 Å². The number of carbonyl (C=O) groups excluding carboxylic acids is 2. The molecule has 0 spiro atoms. The second kappa shape index (κ2) is 8.44. The lowest BCUT2D eigenvalue weighted by Gasteiger charge is -2.19. The molecular weight excluding hydrogens is 349 g/mol. The van der Waals surface area contributed by atoms with Crippen LogP contribution in [0.15, 0.2) is 59.8 Å². The van der Waals surface area contributed by atoms with Crippen molar-refractivity contribution < 1.29 is 18.8 Å². The fourth-order valence-electron chi connectivity index (χ4n) is 2.85. The number of hydrogen-bond acceptors (Lipinski definition) is 4. The highest BCUT2D eigenvalue weighted by molar-refractivity contribution is 6.04. The molecule has 6 nitrogen and oxygen atoms in total. The van der Waals surface area contributed by atoms with E-state index in [1.807, 2.05) is 30.3 Å². The minimum Gasteiger partial charge on any atom is -0.382 e. The Balaban J connectivity index is 1.63. The Hall–Kier alpha value is -3.22. The van der Waals surface area contributed by atoms with Crippen molar-refractivity contribution in [3.63, 3.8) is 0 Å². The summed E-state index contributed by atoms with van der Waals surface area (Å²) < 4.78 is 13.4. The Morgan fingerprint density at radius 2 is 2.00 bits per heavy atom. The number of likely N-dealkylation sites (N-methyl/N-ethyl adjacent to an activating group) is 1. The van der Waals surface area contributed by atoms with Crippen LogP contribution < -0.4 is 10.6 Å². The summed E-state index contributed by atoms with van der Waals surface area (Å²) in [5.41, 5.74) is 1.99. The monoisotopic (exact) mass is 369 g/mol. The van der Waals surface area contributed by atoms with Crippen LogP contribution in [0.1, 0.15) is 17.5 Å². The predicted molar refractivity (Wildman–Crippen MR) is 98.6 cm³/mol. The third kappa shape index (κ3) is 4.69. The molecule has 0 saturated heterocycles. The normalized spacial score (nSPS) is 16.8. The average molecular weight is 369 g/mol. The molecule has 7 heteroatoms. The van der Waals surface area contributed by atoms with Crippen LogP contribution in [-0.2, 0) is 20.8 Å². The number of hydrogen-bond donors (Lipinski definition) is 2. The van der Waals surface area contributed by atoms with Gasteiger partial charge in [-0.1, -0.05) is 47.6 Å². The molecule has 2 aromatic carbocycles. The molecule has 27 heavy (non-hydrogen) atoms. The summed E-state index contributed by atoms with van der Waals surface area (Å²) in [6, 6.07) is 14.6. The first kappa shape index (κ1) is 18.6. The van der Waals surface area contributed by atoms with E-state index in [9.17, 15) is 14.0 Å². The lowest BCUT2D eigenvalue weighted by atomic mass is 10.0. The molecule has 0 saturated carbocycles. The van der Waals surface area contributed by atoms with E-state index >= 15 is 0 Å². The van der Waals surface area contributed by atoms with Crippen molar-refractivity contribution in [3.8, 4) is 0 Å². The molecule has 0 bridgehead atoms. The van der Waals surface area contributed by atoms with E-state index in [-0.39, 0.29) is 18.1 Å². The van der Waals surface area contributed by atoms with Crippen LogP contribution in [0.2, 0.25) is 0 Å². The van der Waals surface area contributed by atoms with Crippen LogP contribution in [0.5, 0.6) is 0 Å². The molecule has 140 valence electrons. The number of rotatable bonds is 6. The number of halogens is 1. The van der Waals surface area contributed by atoms with Crippen LogP contribution in [-0.4, -0.2) is 36.7 Å². The lowest BCUT2D eigenvalue weighted by molar-refractivity contribution is -0.135. The fraction of sp³-hybridized carbons (Fsp3) is 0.250. The Morgan fingerprint density at radius 3 is 2.70 bits per heavy atom. The highest BCUT2D eigenvalue weighted by atomic mass is 19.1. The summed E-state index contributed by atoms with van der Waals surface area (Å²) in [5.74, 6) is -1.11. The Kier molecular flexibility index (Phi) is 5.80. The van der Waals surface area contributed by atoms with E-state index in [0.717, 1.165) is 5.56 Å². The third-order valence-corrected chi connectivity index (χ3v) is 4.28. The van der Waals surface area contributed by atoms with Crippen molar-refractivity contribution in [3.05, 3.63) is 71.5 Å². The Morgan fingerprint density at radius 1 is 1.22 bits per heavy atom. The van der Waals surface area contributed by atoms with E-state index in [0.29, 0.717) is 17.7 Å².